The number of ether oxygens (including phenoxy) is 3. The Labute approximate surface area is 160 Å². The van der Waals surface area contributed by atoms with Crippen molar-refractivity contribution < 1.29 is 19.0 Å². The molecule has 2 aromatic heterocycles. The molecule has 0 amide bonds. The Morgan fingerprint density at radius 3 is 2.52 bits per heavy atom. The van der Waals surface area contributed by atoms with Crippen LogP contribution in [0.3, 0.4) is 0 Å². The molecule has 7 heteroatoms. The molecule has 0 aliphatic carbocycles. The van der Waals surface area contributed by atoms with Gasteiger partial charge in [-0.3, -0.25) is 14.9 Å². The predicted molar refractivity (Wildman–Crippen MR) is 102 cm³/mol. The van der Waals surface area contributed by atoms with Gasteiger partial charge in [0.15, 0.2) is 0 Å². The number of unbranched alkanes of at least 4 members (excludes halogenated alkanes) is 3. The second kappa shape index (κ2) is 10.7. The van der Waals surface area contributed by atoms with Crippen LogP contribution in [0.5, 0.6) is 5.75 Å². The van der Waals surface area contributed by atoms with Crippen molar-refractivity contribution in [3.8, 4) is 17.1 Å². The third-order valence-electron chi connectivity index (χ3n) is 4.17. The molecule has 0 aliphatic heterocycles. The van der Waals surface area contributed by atoms with Crippen molar-refractivity contribution in [1.29, 1.82) is 0 Å². The Balaban J connectivity index is 1.51. The summed E-state index contributed by atoms with van der Waals surface area (Å²) in [6, 6.07) is 5.71. The lowest BCUT2D eigenvalue weighted by Gasteiger charge is -2.21. The van der Waals surface area contributed by atoms with Gasteiger partial charge in [-0.25, -0.2) is 0 Å². The second-order valence-corrected chi connectivity index (χ2v) is 7.04. The van der Waals surface area contributed by atoms with Gasteiger partial charge in [0.2, 0.25) is 0 Å². The first-order valence-corrected chi connectivity index (χ1v) is 9.28. The normalized spacial score (nSPS) is 11.4. The highest BCUT2D eigenvalue weighted by atomic mass is 16.5. The van der Waals surface area contributed by atoms with Gasteiger partial charge in [0.1, 0.15) is 5.75 Å². The molecule has 0 bridgehead atoms. The number of hydrogen-bond acceptors (Lipinski definition) is 6. The molecule has 2 aromatic rings. The first-order valence-electron chi connectivity index (χ1n) is 9.28. The number of nitrogens with one attached hydrogen (secondary N) is 1. The van der Waals surface area contributed by atoms with E-state index >= 15 is 0 Å². The summed E-state index contributed by atoms with van der Waals surface area (Å²) >= 11 is 0. The molecule has 0 atom stereocenters. The molecule has 148 valence electrons. The molecule has 0 saturated carbocycles. The highest BCUT2D eigenvalue weighted by Crippen LogP contribution is 2.18. The van der Waals surface area contributed by atoms with Gasteiger partial charge in [0.25, 0.3) is 0 Å². The average Bonchev–Trinajstić information content (AvgIpc) is 3.21. The fraction of sp³-hybridized carbons (Fsp3) is 0.550. The quantitative estimate of drug-likeness (QED) is 0.450. The molecule has 0 aliphatic rings. The Kier molecular flexibility index (Phi) is 8.26. The predicted octanol–water partition coefficient (Wildman–Crippen LogP) is 3.63. The monoisotopic (exact) mass is 375 g/mol. The molecule has 27 heavy (non-hydrogen) atoms. The van der Waals surface area contributed by atoms with Gasteiger partial charge in [-0.15, -0.1) is 0 Å². The summed E-state index contributed by atoms with van der Waals surface area (Å²) in [5, 5.41) is 6.80. The lowest BCUT2D eigenvalue weighted by Crippen LogP contribution is -2.30. The smallest absolute Gasteiger partial charge is 0.313 e. The van der Waals surface area contributed by atoms with E-state index in [9.17, 15) is 4.79 Å². The summed E-state index contributed by atoms with van der Waals surface area (Å²) in [5.41, 5.74) is 1.14. The summed E-state index contributed by atoms with van der Waals surface area (Å²) in [7, 11) is 1.40. The van der Waals surface area contributed by atoms with Crippen LogP contribution in [0.15, 0.2) is 30.6 Å². The molecule has 7 nitrogen and oxygen atoms in total. The minimum atomic E-state index is -0.594. The first kappa shape index (κ1) is 20.9. The number of methoxy groups -OCH3 is 1. The van der Waals surface area contributed by atoms with E-state index in [4.69, 9.17) is 14.2 Å². The van der Waals surface area contributed by atoms with Crippen LogP contribution >= 0.6 is 0 Å². The van der Waals surface area contributed by atoms with Crippen LogP contribution in [0.2, 0.25) is 0 Å². The van der Waals surface area contributed by atoms with Crippen LogP contribution in [0.4, 0.5) is 0 Å². The Hall–Kier alpha value is -2.41. The van der Waals surface area contributed by atoms with Crippen molar-refractivity contribution in [2.45, 2.75) is 39.5 Å². The number of nitrogens with zero attached hydrogens (tertiary/aromatic N) is 2. The van der Waals surface area contributed by atoms with E-state index in [1.165, 1.54) is 7.11 Å². The van der Waals surface area contributed by atoms with Crippen molar-refractivity contribution in [2.75, 3.05) is 26.9 Å². The number of carbonyl (C=O) groups excluding carboxylic acids is 1. The minimum Gasteiger partial charge on any atom is -0.492 e. The molecule has 0 aromatic carbocycles. The zero-order valence-corrected chi connectivity index (χ0v) is 16.4. The van der Waals surface area contributed by atoms with Gasteiger partial charge in [-0.05, 0) is 51.3 Å². The van der Waals surface area contributed by atoms with Gasteiger partial charge in [0.05, 0.1) is 43.3 Å². The van der Waals surface area contributed by atoms with Gasteiger partial charge >= 0.3 is 5.97 Å². The Bertz CT molecular complexity index is 669. The molecule has 1 N–H and O–H groups in total. The maximum absolute atomic E-state index is 11.5. The van der Waals surface area contributed by atoms with Crippen molar-refractivity contribution in [1.82, 2.24) is 15.2 Å². The van der Waals surface area contributed by atoms with Crippen molar-refractivity contribution in [3.05, 3.63) is 30.6 Å². The highest BCUT2D eigenvalue weighted by molar-refractivity contribution is 5.75. The molecule has 0 radical (unpaired) electrons. The maximum atomic E-state index is 11.5. The van der Waals surface area contributed by atoms with Gasteiger partial charge in [-0.2, -0.15) is 5.10 Å². The number of carbonyl (C=O) groups is 1. The molecule has 0 fully saturated rings. The van der Waals surface area contributed by atoms with E-state index in [0.717, 1.165) is 42.8 Å². The number of aromatic amines is 1. The molecular formula is C20H29N3O4. The number of rotatable bonds is 12. The van der Waals surface area contributed by atoms with E-state index in [1.54, 1.807) is 12.4 Å². The van der Waals surface area contributed by atoms with Crippen LogP contribution in [-0.2, 0) is 14.3 Å². The third kappa shape index (κ3) is 7.02. The molecule has 0 spiro atoms. The zero-order chi connectivity index (χ0) is 19.5. The summed E-state index contributed by atoms with van der Waals surface area (Å²) in [6.45, 7) is 5.35. The van der Waals surface area contributed by atoms with Crippen LogP contribution in [0.1, 0.15) is 39.5 Å². The first-order chi connectivity index (χ1) is 13.0. The third-order valence-corrected chi connectivity index (χ3v) is 4.17. The maximum Gasteiger partial charge on any atom is 0.313 e. The fourth-order valence-corrected chi connectivity index (χ4v) is 2.54. The average molecular weight is 375 g/mol. The summed E-state index contributed by atoms with van der Waals surface area (Å²) in [5.74, 6) is 0.526. The largest absolute Gasteiger partial charge is 0.492 e. The summed E-state index contributed by atoms with van der Waals surface area (Å²) in [6.07, 6.45) is 7.52. The molecule has 2 rings (SSSR count). The number of hydrogen-bond donors (Lipinski definition) is 1. The Morgan fingerprint density at radius 1 is 1.11 bits per heavy atom. The summed E-state index contributed by atoms with van der Waals surface area (Å²) < 4.78 is 16.1. The lowest BCUT2D eigenvalue weighted by molar-refractivity contribution is -0.154. The van der Waals surface area contributed by atoms with Crippen LogP contribution in [0.25, 0.3) is 11.4 Å². The summed E-state index contributed by atoms with van der Waals surface area (Å²) in [4.78, 5) is 15.9. The standard InChI is InChI=1S/C20H29N3O4/c1-20(2,19(24)25-3)15-26-12-6-4-5-7-13-27-16-8-9-17(21-14-16)18-10-11-22-23-18/h8-11,14H,4-7,12-13,15H2,1-3H3,(H,22,23). The topological polar surface area (TPSA) is 86.3 Å². The molecule has 0 unspecified atom stereocenters. The van der Waals surface area contributed by atoms with E-state index in [2.05, 4.69) is 15.2 Å². The number of aromatic nitrogens is 3. The van der Waals surface area contributed by atoms with Gasteiger partial charge < -0.3 is 14.2 Å². The van der Waals surface area contributed by atoms with E-state index in [1.807, 2.05) is 32.0 Å². The van der Waals surface area contributed by atoms with E-state index < -0.39 is 5.41 Å². The minimum absolute atomic E-state index is 0.244. The van der Waals surface area contributed by atoms with Crippen LogP contribution < -0.4 is 4.74 Å². The van der Waals surface area contributed by atoms with Crippen molar-refractivity contribution in [2.24, 2.45) is 5.41 Å². The second-order valence-electron chi connectivity index (χ2n) is 7.04. The molecule has 0 saturated heterocycles. The zero-order valence-electron chi connectivity index (χ0n) is 16.4. The SMILES string of the molecule is COC(=O)C(C)(C)COCCCCCCOc1ccc(-c2ccn[nH]2)nc1. The van der Waals surface area contributed by atoms with Crippen LogP contribution in [-0.4, -0.2) is 48.1 Å². The lowest BCUT2D eigenvalue weighted by atomic mass is 9.95. The highest BCUT2D eigenvalue weighted by Gasteiger charge is 2.28. The van der Waals surface area contributed by atoms with E-state index in [0.29, 0.717) is 19.8 Å². The van der Waals surface area contributed by atoms with Gasteiger partial charge in [0, 0.05) is 12.8 Å². The number of esters is 1. The number of H-pyrrole nitrogens is 1. The van der Waals surface area contributed by atoms with Crippen LogP contribution in [0, 0.1) is 5.41 Å². The van der Waals surface area contributed by atoms with Crippen molar-refractivity contribution in [3.63, 3.8) is 0 Å². The van der Waals surface area contributed by atoms with Gasteiger partial charge in [-0.1, -0.05) is 6.42 Å². The fourth-order valence-electron chi connectivity index (χ4n) is 2.54. The number of pyridine rings is 1. The molecular weight excluding hydrogens is 346 g/mol. The van der Waals surface area contributed by atoms with Crippen molar-refractivity contribution >= 4 is 5.97 Å². The Morgan fingerprint density at radius 2 is 1.89 bits per heavy atom. The molecule has 2 heterocycles. The van der Waals surface area contributed by atoms with E-state index in [-0.39, 0.29) is 5.97 Å².